The molecule has 0 atom stereocenters. The summed E-state index contributed by atoms with van der Waals surface area (Å²) >= 11 is 0. The molecule has 512 valence electrons. The molecule has 0 radical (unpaired) electrons. The maximum Gasteiger partial charge on any atom is 0 e. The molecular weight excluding hydrogens is 1430 g/mol. The van der Waals surface area contributed by atoms with E-state index in [9.17, 15) is 0 Å². The monoisotopic (exact) mass is 1430 g/mol. The smallest absolute Gasteiger partial charge is 0 e. The van der Waals surface area contributed by atoms with Crippen LogP contribution in [0, 0.1) is 11.1 Å². The second-order valence-electron chi connectivity index (χ2n) is 8.97. The highest BCUT2D eigenvalue weighted by molar-refractivity contribution is 4.23. The molecule has 102 heavy (non-hydrogen) atoms. The molecule has 102 nitrogen and oxygen atoms in total. The predicted octanol–water partition coefficient (Wildman–Crippen LogP) is 19.0. The number of nitrogens with one attached hydrogen (secondary N) is 2. The number of hydrogen-bond donors (Lipinski definition) is 2. The third kappa shape index (κ3) is 79.6. The van der Waals surface area contributed by atoms with Crippen LogP contribution in [0.15, 0.2) is 522 Å². The van der Waals surface area contributed by atoms with Gasteiger partial charge in [0.1, 0.15) is 0 Å². The first-order chi connectivity index (χ1) is 50.9. The summed E-state index contributed by atoms with van der Waals surface area (Å²) in [5.41, 5.74) is 12.5. The van der Waals surface area contributed by atoms with Gasteiger partial charge in [-0.25, -0.2) is 0 Å². The van der Waals surface area contributed by atoms with E-state index in [2.05, 4.69) is 522 Å². The zero-order chi connectivity index (χ0) is 72.7. The van der Waals surface area contributed by atoms with Gasteiger partial charge in [-0.2, -0.15) is 11.1 Å². The Balaban J connectivity index is 4.12. The van der Waals surface area contributed by atoms with Crippen molar-refractivity contribution in [2.75, 3.05) is 0 Å². The van der Waals surface area contributed by atoms with Crippen molar-refractivity contribution in [2.45, 2.75) is 0 Å². The largest absolute Gasteiger partial charge is 0.183 e. The topological polar surface area (TPSA) is 1280 Å². The van der Waals surface area contributed by atoms with E-state index in [1.165, 1.54) is 0 Å². The lowest BCUT2D eigenvalue weighted by Gasteiger charge is -1.71. The third-order valence-corrected chi connectivity index (χ3v) is 3.97. The number of hydrogen-bond acceptors (Lipinski definition) is 2. The van der Waals surface area contributed by atoms with Gasteiger partial charge >= 0.3 is 0 Å². The first-order valence-electron chi connectivity index (χ1n) is 20.2. The Morgan fingerprint density at radius 3 is 0.108 bits per heavy atom. The lowest BCUT2D eigenvalue weighted by molar-refractivity contribution is 0.723. The van der Waals surface area contributed by atoms with Crippen LogP contribution in [0.2, 0.25) is 0 Å². The summed E-state index contributed by atoms with van der Waals surface area (Å²) in [6.45, 7) is 0. The van der Waals surface area contributed by atoms with Gasteiger partial charge in [0.05, 0.1) is 0 Å². The molecule has 102 heteroatoms. The van der Waals surface area contributed by atoms with E-state index >= 15 is 0 Å². The van der Waals surface area contributed by atoms with Crippen LogP contribution in [0.4, 0.5) is 0 Å². The second kappa shape index (κ2) is 80.6. The van der Waals surface area contributed by atoms with Gasteiger partial charge in [0, 0.05) is 439 Å². The summed E-state index contributed by atoms with van der Waals surface area (Å²) < 4.78 is 0. The van der Waals surface area contributed by atoms with Crippen LogP contribution in [0.5, 0.6) is 0 Å². The molecule has 0 spiro atoms. The maximum atomic E-state index is 6.27. The first kappa shape index (κ1) is 81.6. The first-order valence-corrected chi connectivity index (χ1v) is 20.2. The minimum Gasteiger partial charge on any atom is -0.183 e. The van der Waals surface area contributed by atoms with E-state index in [0.29, 0.717) is 0 Å². The number of rotatable bonds is 50. The maximum absolute atomic E-state index is 6.27. The van der Waals surface area contributed by atoms with Crippen molar-refractivity contribution >= 4 is 0 Å². The fourth-order valence-electron chi connectivity index (χ4n) is 1.76. The van der Waals surface area contributed by atoms with Crippen molar-refractivity contribution in [3.8, 4) is 0 Å². The molecule has 0 fully saturated rings. The Kier molecular flexibility index (Phi) is 64.5. The molecule has 0 aliphatic heterocycles. The van der Waals surface area contributed by atoms with Crippen molar-refractivity contribution < 1.29 is 0 Å². The predicted molar refractivity (Wildman–Crippen MR) is 248 cm³/mol. The van der Waals surface area contributed by atoms with Gasteiger partial charge in [0.2, 0.25) is 0 Å². The normalized spacial score (nSPS) is 15.6. The Bertz CT molecular complexity index is 3550. The molecule has 0 rings (SSSR count). The van der Waals surface area contributed by atoms with E-state index in [1.54, 1.807) is 0 Å². The Labute approximate surface area is 533 Å². The Morgan fingerprint density at radius 2 is 0.0784 bits per heavy atom. The van der Waals surface area contributed by atoms with Crippen LogP contribution in [-0.4, -0.2) is 0 Å². The standard InChI is InChI=1S/H2N102/c1-3-5-7-9-11-13-15-17-19-21-23-25-27-29-31-33-35-37-39-41-43-45-47-49-51-53-55-57-59-61-63-65-67-69-71-73-75-77-79-81-83-85-87-89-91-93-95-97-99-101-102-100-98-96-94-92-90-88-86-84-82-80-78-76-74-72-70-68-66-64-62-60-58-56-54-52-50-48-46-44-42-40-38-36-34-32-30-28-26-24-22-20-18-16-14-12-10-8-6-4-2/h1-2H/b3-1?,4-2?,7-5+,8-6+,11-9+,12-10+,15-13+,16-14+,19-17+,20-18+,23-21+,24-22+,27-25+,28-26+,31-29+,32-30+,35-33+,36-34+,39-37+,40-38+,43-41+,44-42+,47-45+,48-46+,51-49+,52-50+,55-53+,56-54+,59-57+,60-58+,63-61+,64-62+,67-65+,68-66+,71-69+,72-70+,75-73+,76-74+,79-77+,80-78+,83-81+,84-82+,87-85+,88-86+,91-89+,92-90+,95-93+,96-94+,99-97+,100-98+,102-101+. The van der Waals surface area contributed by atoms with Crippen LogP contribution < -0.4 is 0 Å². The van der Waals surface area contributed by atoms with Crippen LogP contribution >= 0.6 is 0 Å². The molecule has 0 amide bonds. The summed E-state index contributed by atoms with van der Waals surface area (Å²) in [4.78, 5) is 0. The molecule has 0 aromatic rings. The molecule has 2 N–H and O–H groups in total. The fraction of sp³-hybridized carbons (Fsp3) is 0. The van der Waals surface area contributed by atoms with Gasteiger partial charge in [-0.15, -0.1) is 0 Å². The van der Waals surface area contributed by atoms with Crippen molar-refractivity contribution in [3.05, 3.63) is 0 Å². The molecule has 0 saturated carbocycles. The third-order valence-electron chi connectivity index (χ3n) is 3.97. The highest BCUT2D eigenvalue weighted by atomic mass is 15.8. The van der Waals surface area contributed by atoms with Gasteiger partial charge in [-0.1, -0.05) is 0 Å². The van der Waals surface area contributed by atoms with Gasteiger partial charge in [-0.3, -0.25) is 0 Å². The molecular formula is H2N102. The molecule has 0 unspecified atom stereocenters. The van der Waals surface area contributed by atoms with Gasteiger partial charge in [-0.05, 0) is 83.6 Å². The molecule has 0 bridgehead atoms. The quantitative estimate of drug-likeness (QED) is 0.0424. The zero-order valence-corrected chi connectivity index (χ0v) is 45.7. The van der Waals surface area contributed by atoms with Crippen molar-refractivity contribution in [1.82, 2.24) is 0 Å². The molecule has 0 heterocycles. The fourth-order valence-corrected chi connectivity index (χ4v) is 1.76. The van der Waals surface area contributed by atoms with Crippen LogP contribution in [0.25, 0.3) is 0 Å². The zero-order valence-electron chi connectivity index (χ0n) is 45.7. The van der Waals surface area contributed by atoms with Crippen LogP contribution in [0.1, 0.15) is 0 Å². The van der Waals surface area contributed by atoms with Gasteiger partial charge < -0.3 is 0 Å². The summed E-state index contributed by atoms with van der Waals surface area (Å²) in [7, 11) is 0. The SMILES string of the molecule is N=N/N=N/N=N/N=N/N=N/N=N/N=N/N=N/N=N/N=N/N=N/N=N/N=N/N=N/N=N/N=N/N=N/N=N/N=N/N=N/N=N/N=N/N=N/N=N/N=N/N=N/N=N/N=N/N=N/N=N/N=N/N=N/N=N/N=N/N=N/N=N/N=N/N=N/N=N/N=N/N=N/N=N/N=N/N=N/N=N/N=N/N=N/N=N/N=N/N=N/N=N. The number of nitrogens with zero attached hydrogens (tertiary/aromatic N) is 100. The van der Waals surface area contributed by atoms with Crippen molar-refractivity contribution in [2.24, 2.45) is 522 Å². The van der Waals surface area contributed by atoms with Crippen LogP contribution in [0.3, 0.4) is 0 Å². The summed E-state index contributed by atoms with van der Waals surface area (Å²) in [5.74, 6) is 0. The molecule has 0 aliphatic rings. The van der Waals surface area contributed by atoms with E-state index in [0.717, 1.165) is 0 Å². The molecule has 0 aromatic carbocycles. The molecule has 0 aromatic heterocycles. The van der Waals surface area contributed by atoms with E-state index in [1.807, 2.05) is 0 Å². The molecule has 0 saturated heterocycles. The van der Waals surface area contributed by atoms with Crippen molar-refractivity contribution in [3.63, 3.8) is 0 Å². The lowest BCUT2D eigenvalue weighted by atomic mass is 12.3. The average molecular weight is 1430 g/mol. The summed E-state index contributed by atoms with van der Waals surface area (Å²) in [5, 5.41) is 297. The molecule has 0 aliphatic carbocycles. The van der Waals surface area contributed by atoms with E-state index in [4.69, 9.17) is 11.1 Å². The van der Waals surface area contributed by atoms with Crippen LogP contribution in [-0.2, 0) is 0 Å². The Morgan fingerprint density at radius 1 is 0.0490 bits per heavy atom. The van der Waals surface area contributed by atoms with Gasteiger partial charge in [0.15, 0.2) is 0 Å². The highest BCUT2D eigenvalue weighted by Gasteiger charge is 1.80. The summed E-state index contributed by atoms with van der Waals surface area (Å²) in [6.07, 6.45) is 0. The Hall–Kier alpha value is -20.4. The lowest BCUT2D eigenvalue weighted by Crippen LogP contribution is -1.52. The van der Waals surface area contributed by atoms with Crippen molar-refractivity contribution in [1.29, 1.82) is 11.1 Å². The van der Waals surface area contributed by atoms with E-state index < -0.39 is 0 Å². The average Bonchev–Trinajstić information content (AvgIpc) is 3.74. The minimum atomic E-state index is 2.50. The van der Waals surface area contributed by atoms with E-state index in [-0.39, 0.29) is 0 Å². The highest BCUT2D eigenvalue weighted by Crippen LogP contribution is 1.98. The minimum absolute atomic E-state index is 2.50. The second-order valence-corrected chi connectivity index (χ2v) is 8.97. The van der Waals surface area contributed by atoms with Gasteiger partial charge in [0.25, 0.3) is 0 Å². The summed E-state index contributed by atoms with van der Waals surface area (Å²) in [6, 6.07) is 0.